The van der Waals surface area contributed by atoms with Crippen LogP contribution in [0.3, 0.4) is 0 Å². The molecule has 1 atom stereocenters. The first kappa shape index (κ1) is 24.6. The molecule has 2 N–H and O–H groups in total. The molecule has 3 aromatic heterocycles. The number of pyridine rings is 1. The van der Waals surface area contributed by atoms with E-state index in [-0.39, 0.29) is 18.1 Å². The molecule has 1 aliphatic heterocycles. The smallest absolute Gasteiger partial charge is 0.219 e. The summed E-state index contributed by atoms with van der Waals surface area (Å²) in [5, 5.41) is 27.0. The van der Waals surface area contributed by atoms with Gasteiger partial charge in [-0.3, -0.25) is 20.7 Å². The van der Waals surface area contributed by atoms with Crippen molar-refractivity contribution >= 4 is 45.3 Å². The molecule has 10 heteroatoms. The second kappa shape index (κ2) is 10.1. The second-order valence-electron chi connectivity index (χ2n) is 8.43. The molecule has 1 aromatic carbocycles. The summed E-state index contributed by atoms with van der Waals surface area (Å²) in [5.74, 6) is 7.56. The van der Waals surface area contributed by atoms with Gasteiger partial charge in [-0.25, -0.2) is 4.98 Å². The summed E-state index contributed by atoms with van der Waals surface area (Å²) >= 11 is 7.62. The van der Waals surface area contributed by atoms with Crippen molar-refractivity contribution < 1.29 is 4.42 Å². The molecule has 0 saturated heterocycles. The molecule has 0 unspecified atom stereocenters. The molecule has 0 spiro atoms. The SMILES string of the molecule is CC(=N)N1C(=N)[C@H](Cc2nnc(C)o2)N=C(c2ccc(Cl)cc2)c2c1sc(C#Cc1ccccn1)c2C. The van der Waals surface area contributed by atoms with Crippen LogP contribution in [0, 0.1) is 36.5 Å². The summed E-state index contributed by atoms with van der Waals surface area (Å²) in [4.78, 5) is 11.8. The lowest BCUT2D eigenvalue weighted by molar-refractivity contribution is 0.462. The molecule has 0 fully saturated rings. The van der Waals surface area contributed by atoms with Crippen molar-refractivity contribution in [1.82, 2.24) is 15.2 Å². The zero-order valence-electron chi connectivity index (χ0n) is 20.3. The number of aromatic nitrogens is 3. The second-order valence-corrected chi connectivity index (χ2v) is 9.86. The first-order valence-electron chi connectivity index (χ1n) is 11.4. The number of amidine groups is 2. The van der Waals surface area contributed by atoms with Gasteiger partial charge in [0.05, 0.1) is 17.0 Å². The number of halogens is 1. The Bertz CT molecular complexity index is 1590. The molecule has 0 amide bonds. The number of aliphatic imine (C=N–C) groups is 1. The molecule has 184 valence electrons. The Morgan fingerprint density at radius 2 is 1.92 bits per heavy atom. The van der Waals surface area contributed by atoms with Crippen LogP contribution in [-0.4, -0.2) is 38.6 Å². The molecule has 4 aromatic rings. The van der Waals surface area contributed by atoms with Gasteiger partial charge in [0, 0.05) is 29.3 Å². The molecule has 5 rings (SSSR count). The fourth-order valence-corrected chi connectivity index (χ4v) is 5.39. The van der Waals surface area contributed by atoms with Crippen molar-refractivity contribution in [2.75, 3.05) is 4.90 Å². The zero-order valence-corrected chi connectivity index (χ0v) is 21.9. The Balaban J connectivity index is 1.70. The maximum absolute atomic E-state index is 9.09. The molecular formula is C27H22ClN7OS. The molecule has 0 radical (unpaired) electrons. The van der Waals surface area contributed by atoms with Crippen molar-refractivity contribution in [1.29, 1.82) is 10.8 Å². The van der Waals surface area contributed by atoms with E-state index in [4.69, 9.17) is 31.8 Å². The molecular weight excluding hydrogens is 506 g/mol. The van der Waals surface area contributed by atoms with E-state index in [0.29, 0.717) is 28.2 Å². The minimum absolute atomic E-state index is 0.152. The van der Waals surface area contributed by atoms with Crippen LogP contribution in [0.5, 0.6) is 0 Å². The van der Waals surface area contributed by atoms with E-state index < -0.39 is 6.04 Å². The van der Waals surface area contributed by atoms with Crippen LogP contribution >= 0.6 is 22.9 Å². The van der Waals surface area contributed by atoms with Gasteiger partial charge in [0.1, 0.15) is 28.4 Å². The number of hydrogen-bond acceptors (Lipinski definition) is 8. The first-order valence-corrected chi connectivity index (χ1v) is 12.6. The molecule has 0 aliphatic carbocycles. The van der Waals surface area contributed by atoms with Crippen molar-refractivity contribution in [3.63, 3.8) is 0 Å². The number of nitrogens with zero attached hydrogens (tertiary/aromatic N) is 5. The highest BCUT2D eigenvalue weighted by atomic mass is 35.5. The van der Waals surface area contributed by atoms with E-state index in [0.717, 1.165) is 26.6 Å². The minimum Gasteiger partial charge on any atom is -0.426 e. The Kier molecular flexibility index (Phi) is 6.70. The number of aryl methyl sites for hydroxylation is 1. The molecule has 0 saturated carbocycles. The number of fused-ring (bicyclic) bond motifs is 1. The highest BCUT2D eigenvalue weighted by molar-refractivity contribution is 7.17. The number of anilines is 1. The maximum Gasteiger partial charge on any atom is 0.219 e. The van der Waals surface area contributed by atoms with Crippen LogP contribution in [0.1, 0.15) is 46.0 Å². The molecule has 1 aliphatic rings. The predicted octanol–water partition coefficient (Wildman–Crippen LogP) is 5.44. The number of hydrogen-bond donors (Lipinski definition) is 2. The van der Waals surface area contributed by atoms with Gasteiger partial charge in [-0.1, -0.05) is 29.8 Å². The highest BCUT2D eigenvalue weighted by Crippen LogP contribution is 2.40. The van der Waals surface area contributed by atoms with Crippen LogP contribution in [0.15, 0.2) is 58.1 Å². The zero-order chi connectivity index (χ0) is 26.1. The normalized spacial score (nSPS) is 14.9. The van der Waals surface area contributed by atoms with E-state index in [1.807, 2.05) is 49.4 Å². The van der Waals surface area contributed by atoms with Gasteiger partial charge < -0.3 is 4.42 Å². The van der Waals surface area contributed by atoms with Crippen LogP contribution in [-0.2, 0) is 6.42 Å². The van der Waals surface area contributed by atoms with E-state index in [1.54, 1.807) is 24.9 Å². The fourth-order valence-electron chi connectivity index (χ4n) is 4.04. The third-order valence-electron chi connectivity index (χ3n) is 5.77. The summed E-state index contributed by atoms with van der Waals surface area (Å²) in [5.41, 5.74) is 3.96. The van der Waals surface area contributed by atoms with Crippen molar-refractivity contribution in [2.24, 2.45) is 4.99 Å². The van der Waals surface area contributed by atoms with Crippen LogP contribution in [0.25, 0.3) is 0 Å². The fraction of sp³-hybridized carbons (Fsp3) is 0.185. The number of thiophene rings is 1. The van der Waals surface area contributed by atoms with Crippen molar-refractivity contribution in [3.05, 3.63) is 92.7 Å². The molecule has 0 bridgehead atoms. The van der Waals surface area contributed by atoms with E-state index in [9.17, 15) is 0 Å². The van der Waals surface area contributed by atoms with E-state index in [1.165, 1.54) is 11.3 Å². The lowest BCUT2D eigenvalue weighted by Crippen LogP contribution is -2.40. The van der Waals surface area contributed by atoms with Gasteiger partial charge in [-0.2, -0.15) is 0 Å². The lowest BCUT2D eigenvalue weighted by atomic mass is 9.99. The monoisotopic (exact) mass is 527 g/mol. The topological polar surface area (TPSA) is 115 Å². The standard InChI is InChI=1S/C27H22ClN7OS/c1-15-22(12-11-20-6-4-5-13-31-20)37-27-24(15)25(18-7-9-19(28)10-8-18)32-21(26(30)35(27)16(2)29)14-23-34-33-17(3)36-23/h4-10,13,21,29-30H,14H2,1-3H3/t21-/m0/s1. The Morgan fingerprint density at radius 1 is 1.14 bits per heavy atom. The maximum atomic E-state index is 9.09. The highest BCUT2D eigenvalue weighted by Gasteiger charge is 2.35. The average molecular weight is 528 g/mol. The Hall–Kier alpha value is -4.13. The molecule has 8 nitrogen and oxygen atoms in total. The number of rotatable bonds is 3. The largest absolute Gasteiger partial charge is 0.426 e. The van der Waals surface area contributed by atoms with Crippen LogP contribution in [0.4, 0.5) is 5.00 Å². The molecule has 4 heterocycles. The minimum atomic E-state index is -0.645. The Labute approximate surface area is 223 Å². The first-order chi connectivity index (χ1) is 17.8. The number of benzene rings is 1. The summed E-state index contributed by atoms with van der Waals surface area (Å²) < 4.78 is 5.60. The van der Waals surface area contributed by atoms with E-state index >= 15 is 0 Å². The van der Waals surface area contributed by atoms with Gasteiger partial charge in [-0.15, -0.1) is 21.5 Å². The summed E-state index contributed by atoms with van der Waals surface area (Å²) in [6, 6.07) is 12.4. The van der Waals surface area contributed by atoms with Gasteiger partial charge >= 0.3 is 0 Å². The van der Waals surface area contributed by atoms with Gasteiger partial charge in [0.15, 0.2) is 0 Å². The predicted molar refractivity (Wildman–Crippen MR) is 146 cm³/mol. The summed E-state index contributed by atoms with van der Waals surface area (Å²) in [6.45, 7) is 5.37. The third kappa shape index (κ3) is 4.94. The van der Waals surface area contributed by atoms with Gasteiger partial charge in [0.25, 0.3) is 0 Å². The van der Waals surface area contributed by atoms with Crippen LogP contribution < -0.4 is 4.90 Å². The molecule has 37 heavy (non-hydrogen) atoms. The van der Waals surface area contributed by atoms with Crippen LogP contribution in [0.2, 0.25) is 5.02 Å². The lowest BCUT2D eigenvalue weighted by Gasteiger charge is -2.24. The van der Waals surface area contributed by atoms with Gasteiger partial charge in [0.2, 0.25) is 11.8 Å². The summed E-state index contributed by atoms with van der Waals surface area (Å²) in [7, 11) is 0. The van der Waals surface area contributed by atoms with E-state index in [2.05, 4.69) is 27.0 Å². The number of nitrogens with one attached hydrogen (secondary N) is 2. The van der Waals surface area contributed by atoms with Gasteiger partial charge in [-0.05, 0) is 55.5 Å². The Morgan fingerprint density at radius 3 is 2.57 bits per heavy atom. The quantitative estimate of drug-likeness (QED) is 0.209. The summed E-state index contributed by atoms with van der Waals surface area (Å²) in [6.07, 6.45) is 1.94. The third-order valence-corrected chi connectivity index (χ3v) is 7.21. The van der Waals surface area contributed by atoms with Crippen molar-refractivity contribution in [3.8, 4) is 11.8 Å². The average Bonchev–Trinajstić information content (AvgIpc) is 3.40. The van der Waals surface area contributed by atoms with Crippen molar-refractivity contribution in [2.45, 2.75) is 33.2 Å².